The van der Waals surface area contributed by atoms with Crippen molar-refractivity contribution in [3.63, 3.8) is 0 Å². The highest BCUT2D eigenvalue weighted by Crippen LogP contribution is 2.27. The zero-order valence-electron chi connectivity index (χ0n) is 18.6. The third-order valence-electron chi connectivity index (χ3n) is 5.53. The number of hydrogen-bond acceptors (Lipinski definition) is 6. The number of rotatable bonds is 7. The van der Waals surface area contributed by atoms with Crippen LogP contribution in [0.2, 0.25) is 0 Å². The fourth-order valence-corrected chi connectivity index (χ4v) is 5.50. The van der Waals surface area contributed by atoms with E-state index >= 15 is 0 Å². The van der Waals surface area contributed by atoms with Crippen LogP contribution in [0.15, 0.2) is 77.7 Å². The number of sulfonamides is 1. The zero-order valence-corrected chi connectivity index (χ0v) is 19.4. The molecule has 3 aromatic rings. The van der Waals surface area contributed by atoms with Gasteiger partial charge < -0.3 is 4.74 Å². The van der Waals surface area contributed by atoms with Gasteiger partial charge in [-0.25, -0.2) is 18.1 Å². The molecule has 9 heteroatoms. The number of carbonyl (C=O) groups is 3. The topological polar surface area (TPSA) is 101 Å². The highest BCUT2D eigenvalue weighted by Gasteiger charge is 2.36. The lowest BCUT2D eigenvalue weighted by Gasteiger charge is -2.24. The van der Waals surface area contributed by atoms with Crippen LogP contribution >= 0.6 is 0 Å². The molecule has 1 aliphatic heterocycles. The van der Waals surface area contributed by atoms with E-state index < -0.39 is 34.5 Å². The van der Waals surface area contributed by atoms with Crippen LogP contribution in [0, 0.1) is 6.92 Å². The fourth-order valence-electron chi connectivity index (χ4n) is 3.77. The van der Waals surface area contributed by atoms with Crippen LogP contribution in [0.4, 0.5) is 5.69 Å². The Kier molecular flexibility index (Phi) is 6.21. The molecular weight excluding hydrogens is 456 g/mol. The zero-order chi connectivity index (χ0) is 24.5. The molecule has 8 nitrogen and oxygen atoms in total. The van der Waals surface area contributed by atoms with Gasteiger partial charge in [0.1, 0.15) is 0 Å². The number of imide groups is 1. The Morgan fingerprint density at radius 2 is 1.50 bits per heavy atom. The Bertz CT molecular complexity index is 1350. The first-order valence-corrected chi connectivity index (χ1v) is 12.0. The van der Waals surface area contributed by atoms with Gasteiger partial charge in [0.15, 0.2) is 6.73 Å². The van der Waals surface area contributed by atoms with E-state index in [1.54, 1.807) is 56.3 Å². The van der Waals surface area contributed by atoms with Crippen LogP contribution < -0.4 is 4.31 Å². The van der Waals surface area contributed by atoms with E-state index in [1.807, 2.05) is 0 Å². The van der Waals surface area contributed by atoms with Crippen molar-refractivity contribution in [1.29, 1.82) is 0 Å². The fraction of sp³-hybridized carbons (Fsp3) is 0.160. The van der Waals surface area contributed by atoms with Gasteiger partial charge >= 0.3 is 5.97 Å². The number of esters is 1. The number of ether oxygens (including phenoxy) is 1. The van der Waals surface area contributed by atoms with Crippen molar-refractivity contribution in [2.75, 3.05) is 17.6 Å². The molecule has 0 saturated carbocycles. The third-order valence-corrected chi connectivity index (χ3v) is 7.57. The summed E-state index contributed by atoms with van der Waals surface area (Å²) in [5.74, 6) is -1.96. The molecule has 0 atom stereocenters. The Morgan fingerprint density at radius 3 is 2.09 bits per heavy atom. The highest BCUT2D eigenvalue weighted by molar-refractivity contribution is 7.92. The molecular formula is C25H22N2O6S. The molecule has 0 unspecified atom stereocenters. The minimum absolute atomic E-state index is 0.00935. The van der Waals surface area contributed by atoms with Gasteiger partial charge in [0.05, 0.1) is 27.3 Å². The first-order valence-electron chi connectivity index (χ1n) is 10.6. The second-order valence-corrected chi connectivity index (χ2v) is 9.46. The molecule has 0 radical (unpaired) electrons. The summed E-state index contributed by atoms with van der Waals surface area (Å²) in [6.07, 6.45) is 0. The van der Waals surface area contributed by atoms with Gasteiger partial charge in [0.25, 0.3) is 21.8 Å². The normalized spacial score (nSPS) is 13.1. The molecule has 4 rings (SSSR count). The van der Waals surface area contributed by atoms with Crippen LogP contribution in [0.5, 0.6) is 0 Å². The number of carbonyl (C=O) groups excluding carboxylic acids is 3. The summed E-state index contributed by atoms with van der Waals surface area (Å²) in [6.45, 7) is 2.98. The van der Waals surface area contributed by atoms with Gasteiger partial charge in [-0.15, -0.1) is 0 Å². The maximum Gasteiger partial charge on any atom is 0.339 e. The Labute approximate surface area is 197 Å². The van der Waals surface area contributed by atoms with Crippen LogP contribution in [0.3, 0.4) is 0 Å². The lowest BCUT2D eigenvalue weighted by Crippen LogP contribution is -2.33. The molecule has 0 bridgehead atoms. The Hall–Kier alpha value is -3.98. The van der Waals surface area contributed by atoms with E-state index in [-0.39, 0.29) is 28.1 Å². The van der Waals surface area contributed by atoms with E-state index in [0.29, 0.717) is 11.3 Å². The van der Waals surface area contributed by atoms with Crippen LogP contribution in [0.1, 0.15) is 43.6 Å². The lowest BCUT2D eigenvalue weighted by molar-refractivity contribution is 0.0228. The van der Waals surface area contributed by atoms with E-state index in [1.165, 1.54) is 34.6 Å². The number of benzene rings is 3. The number of hydrogen-bond donors (Lipinski definition) is 0. The maximum absolute atomic E-state index is 13.4. The quantitative estimate of drug-likeness (QED) is 0.380. The van der Waals surface area contributed by atoms with Gasteiger partial charge in [-0.05, 0) is 55.8 Å². The molecule has 0 aromatic heterocycles. The Morgan fingerprint density at radius 1 is 0.912 bits per heavy atom. The first kappa shape index (κ1) is 23.2. The summed E-state index contributed by atoms with van der Waals surface area (Å²) in [4.78, 5) is 38.4. The Balaban J connectivity index is 1.56. The van der Waals surface area contributed by atoms with Crippen molar-refractivity contribution in [2.45, 2.75) is 18.7 Å². The minimum Gasteiger partial charge on any atom is -0.440 e. The highest BCUT2D eigenvalue weighted by atomic mass is 32.2. The number of para-hydroxylation sites is 1. The summed E-state index contributed by atoms with van der Waals surface area (Å²) in [5.41, 5.74) is 1.44. The van der Waals surface area contributed by atoms with Crippen molar-refractivity contribution < 1.29 is 27.5 Å². The molecule has 1 aliphatic rings. The largest absolute Gasteiger partial charge is 0.440 e. The summed E-state index contributed by atoms with van der Waals surface area (Å²) < 4.78 is 33.3. The second kappa shape index (κ2) is 9.11. The van der Waals surface area contributed by atoms with Gasteiger partial charge in [-0.1, -0.05) is 36.4 Å². The summed E-state index contributed by atoms with van der Waals surface area (Å²) in [6, 6.07) is 19.2. The average Bonchev–Trinajstić information content (AvgIpc) is 3.08. The number of fused-ring (bicyclic) bond motifs is 1. The van der Waals surface area contributed by atoms with Gasteiger partial charge in [-0.3, -0.25) is 13.9 Å². The van der Waals surface area contributed by atoms with Crippen LogP contribution in [-0.2, 0) is 14.8 Å². The first-order chi connectivity index (χ1) is 16.3. The average molecular weight is 479 g/mol. The van der Waals surface area contributed by atoms with Crippen molar-refractivity contribution in [3.05, 3.63) is 95.1 Å². The van der Waals surface area contributed by atoms with Crippen molar-refractivity contribution in [3.8, 4) is 0 Å². The molecule has 174 valence electrons. The molecule has 1 heterocycles. The molecule has 0 spiro atoms. The minimum atomic E-state index is -3.97. The standard InChI is InChI=1S/C25H22N2O6S/c1-3-27(19-9-5-4-6-10-19)34(31,32)22-15-18(14-13-17(22)2)25(30)33-16-26-23(28)20-11-7-8-12-21(20)24(26)29/h4-15H,3,16H2,1-2H3. The summed E-state index contributed by atoms with van der Waals surface area (Å²) in [7, 11) is -3.97. The third kappa shape index (κ3) is 4.06. The van der Waals surface area contributed by atoms with Crippen molar-refractivity contribution >= 4 is 33.5 Å². The van der Waals surface area contributed by atoms with Gasteiger partial charge in [0.2, 0.25) is 0 Å². The molecule has 0 aliphatic carbocycles. The second-order valence-electron chi connectivity index (χ2n) is 7.63. The molecule has 0 fully saturated rings. The molecule has 3 aromatic carbocycles. The molecule has 2 amide bonds. The monoisotopic (exact) mass is 478 g/mol. The van der Waals surface area contributed by atoms with Crippen molar-refractivity contribution in [2.24, 2.45) is 0 Å². The molecule has 34 heavy (non-hydrogen) atoms. The lowest BCUT2D eigenvalue weighted by atomic mass is 10.1. The molecule has 0 N–H and O–H groups in total. The predicted octanol–water partition coefficient (Wildman–Crippen LogP) is 3.62. The van der Waals surface area contributed by atoms with Crippen molar-refractivity contribution in [1.82, 2.24) is 4.90 Å². The SMILES string of the molecule is CCN(c1ccccc1)S(=O)(=O)c1cc(C(=O)OCN2C(=O)c3ccccc3C2=O)ccc1C. The maximum atomic E-state index is 13.4. The number of nitrogens with zero attached hydrogens (tertiary/aromatic N) is 2. The summed E-state index contributed by atoms with van der Waals surface area (Å²) in [5, 5.41) is 0. The van der Waals surface area contributed by atoms with Crippen LogP contribution in [-0.4, -0.2) is 44.4 Å². The summed E-state index contributed by atoms with van der Waals surface area (Å²) >= 11 is 0. The number of anilines is 1. The molecule has 0 saturated heterocycles. The van der Waals surface area contributed by atoms with E-state index in [9.17, 15) is 22.8 Å². The van der Waals surface area contributed by atoms with E-state index in [0.717, 1.165) is 4.90 Å². The predicted molar refractivity (Wildman–Crippen MR) is 125 cm³/mol. The van der Waals surface area contributed by atoms with E-state index in [2.05, 4.69) is 0 Å². The van der Waals surface area contributed by atoms with Gasteiger partial charge in [-0.2, -0.15) is 0 Å². The smallest absolute Gasteiger partial charge is 0.339 e. The van der Waals surface area contributed by atoms with Gasteiger partial charge in [0, 0.05) is 6.54 Å². The number of amides is 2. The van der Waals surface area contributed by atoms with Crippen LogP contribution in [0.25, 0.3) is 0 Å². The van der Waals surface area contributed by atoms with E-state index in [4.69, 9.17) is 4.74 Å². The number of aryl methyl sites for hydroxylation is 1.